The first-order valence-corrected chi connectivity index (χ1v) is 8.42. The van der Waals surface area contributed by atoms with E-state index in [1.54, 1.807) is 0 Å². The predicted octanol–water partition coefficient (Wildman–Crippen LogP) is -1.34. The Hall–Kier alpha value is -3.64. The van der Waals surface area contributed by atoms with Gasteiger partial charge in [-0.1, -0.05) is 0 Å². The van der Waals surface area contributed by atoms with E-state index >= 15 is 0 Å². The fourth-order valence-electron chi connectivity index (χ4n) is 2.12. The van der Waals surface area contributed by atoms with Gasteiger partial charge >= 0.3 is 23.9 Å². The molecular weight excluding hydrogens is 384 g/mol. The third-order valence-electron chi connectivity index (χ3n) is 3.65. The zero-order valence-electron chi connectivity index (χ0n) is 15.5. The van der Waals surface area contributed by atoms with E-state index < -0.39 is 36.0 Å². The molecule has 0 amide bonds. The minimum absolute atomic E-state index is 0.0829. The first-order chi connectivity index (χ1) is 13.8. The number of ether oxygens (including phenoxy) is 2. The van der Waals surface area contributed by atoms with Gasteiger partial charge in [-0.05, 0) is 6.92 Å². The monoisotopic (exact) mass is 404 g/mol. The van der Waals surface area contributed by atoms with Crippen LogP contribution in [-0.2, 0) is 41.5 Å². The van der Waals surface area contributed by atoms with Crippen molar-refractivity contribution in [3.8, 4) is 0 Å². The number of nitrogens with one attached hydrogen (secondary N) is 2. The highest BCUT2D eigenvalue weighted by atomic mass is 16.6. The second-order valence-electron chi connectivity index (χ2n) is 6.05. The minimum Gasteiger partial charge on any atom is -0.389 e. The Kier molecular flexibility index (Phi) is 7.51. The number of H-pyrrole nitrogens is 2. The summed E-state index contributed by atoms with van der Waals surface area (Å²) in [5.74, 6) is -4.19. The molecule has 29 heavy (non-hydrogen) atoms. The zero-order valence-corrected chi connectivity index (χ0v) is 15.5. The summed E-state index contributed by atoms with van der Waals surface area (Å²) in [5.41, 5.74) is 12.2. The number of carbonyl (C=O) groups is 4. The Morgan fingerprint density at radius 3 is 1.90 bits per heavy atom. The molecule has 12 nitrogen and oxygen atoms in total. The van der Waals surface area contributed by atoms with Crippen LogP contribution in [0.1, 0.15) is 18.3 Å². The second kappa shape index (κ2) is 10.1. The summed E-state index contributed by atoms with van der Waals surface area (Å²) in [7, 11) is 0. The highest BCUT2D eigenvalue weighted by molar-refractivity contribution is 6.03. The number of aromatic amines is 2. The molecule has 0 spiro atoms. The molecule has 12 heteroatoms. The van der Waals surface area contributed by atoms with Gasteiger partial charge in [0.1, 0.15) is 12.1 Å². The van der Waals surface area contributed by atoms with Gasteiger partial charge in [-0.3, -0.25) is 0 Å². The molecule has 0 bridgehead atoms. The van der Waals surface area contributed by atoms with Crippen LogP contribution in [0.25, 0.3) is 0 Å². The molecule has 2 aromatic heterocycles. The molecule has 0 saturated carbocycles. The average Bonchev–Trinajstić information content (AvgIpc) is 3.35. The van der Waals surface area contributed by atoms with Crippen molar-refractivity contribution in [3.05, 3.63) is 48.1 Å². The summed E-state index contributed by atoms with van der Waals surface area (Å²) in [4.78, 5) is 60.5. The van der Waals surface area contributed by atoms with Gasteiger partial charge in [0.05, 0.1) is 12.7 Å². The van der Waals surface area contributed by atoms with Crippen molar-refractivity contribution in [2.45, 2.75) is 31.8 Å². The summed E-state index contributed by atoms with van der Waals surface area (Å²) in [5, 5.41) is 0. The maximum Gasteiger partial charge on any atom is 0.341 e. The van der Waals surface area contributed by atoms with E-state index in [0.717, 1.165) is 6.08 Å². The molecule has 0 aliphatic carbocycles. The van der Waals surface area contributed by atoms with Crippen LogP contribution >= 0.6 is 0 Å². The molecule has 6 N–H and O–H groups in total. The highest BCUT2D eigenvalue weighted by Gasteiger charge is 2.23. The maximum atomic E-state index is 11.9. The summed E-state index contributed by atoms with van der Waals surface area (Å²) < 4.78 is 9.17. The number of nitrogens with two attached hydrogens (primary N) is 2. The Balaban J connectivity index is 1.83. The topological polar surface area (TPSA) is 196 Å². The van der Waals surface area contributed by atoms with Crippen LogP contribution in [0.15, 0.2) is 36.7 Å². The first-order valence-electron chi connectivity index (χ1n) is 8.42. The van der Waals surface area contributed by atoms with Crippen molar-refractivity contribution in [2.24, 2.45) is 11.5 Å². The third kappa shape index (κ3) is 6.79. The number of aromatic nitrogens is 4. The maximum absolute atomic E-state index is 11.9. The molecule has 0 radical (unpaired) electrons. The molecular formula is C17H20N6O6. The van der Waals surface area contributed by atoms with Crippen LogP contribution in [0.5, 0.6) is 0 Å². The average molecular weight is 404 g/mol. The van der Waals surface area contributed by atoms with Crippen LogP contribution < -0.4 is 11.5 Å². The van der Waals surface area contributed by atoms with Crippen LogP contribution in [0.3, 0.4) is 0 Å². The number of carbonyl (C=O) groups excluding carboxylic acids is 4. The van der Waals surface area contributed by atoms with Crippen LogP contribution in [0.4, 0.5) is 0 Å². The van der Waals surface area contributed by atoms with Gasteiger partial charge < -0.3 is 30.9 Å². The molecule has 0 unspecified atom stereocenters. The van der Waals surface area contributed by atoms with Crippen LogP contribution in [0, 0.1) is 0 Å². The Morgan fingerprint density at radius 2 is 1.45 bits per heavy atom. The number of rotatable bonds is 8. The van der Waals surface area contributed by atoms with Gasteiger partial charge in [0.2, 0.25) is 0 Å². The number of imidazole rings is 2. The number of hydrogen-bond donors (Lipinski definition) is 4. The van der Waals surface area contributed by atoms with Crippen molar-refractivity contribution in [2.75, 3.05) is 0 Å². The number of nitrogens with zero attached hydrogens (tertiary/aromatic N) is 2. The summed E-state index contributed by atoms with van der Waals surface area (Å²) in [6, 6.07) is -2.22. The van der Waals surface area contributed by atoms with E-state index in [1.807, 2.05) is 0 Å². The van der Waals surface area contributed by atoms with Gasteiger partial charge in [0, 0.05) is 48.3 Å². The molecule has 2 atom stereocenters. The minimum atomic E-state index is -1.13. The molecule has 0 aliphatic heterocycles. The summed E-state index contributed by atoms with van der Waals surface area (Å²) >= 11 is 0. The van der Waals surface area contributed by atoms with Crippen molar-refractivity contribution < 1.29 is 28.7 Å². The molecule has 0 aromatic carbocycles. The highest BCUT2D eigenvalue weighted by Crippen LogP contribution is 2.04. The van der Waals surface area contributed by atoms with Gasteiger partial charge in [-0.15, -0.1) is 0 Å². The summed E-state index contributed by atoms with van der Waals surface area (Å²) in [6.07, 6.45) is 6.67. The van der Waals surface area contributed by atoms with Crippen molar-refractivity contribution in [1.82, 2.24) is 19.9 Å². The van der Waals surface area contributed by atoms with E-state index in [9.17, 15) is 19.2 Å². The Bertz CT molecular complexity index is 890. The van der Waals surface area contributed by atoms with E-state index in [1.165, 1.54) is 32.0 Å². The lowest BCUT2D eigenvalue weighted by Crippen LogP contribution is -2.36. The van der Waals surface area contributed by atoms with Crippen LogP contribution in [0.2, 0.25) is 0 Å². The van der Waals surface area contributed by atoms with Gasteiger partial charge in [-0.2, -0.15) is 0 Å². The molecule has 0 fully saturated rings. The quantitative estimate of drug-likeness (QED) is 0.232. The standard InChI is InChI=1S/C17H20N6O6/c1-9(15(25)29-17(27)13(19)4-11-6-21-8-23-11)2-14(24)28-16(26)12(18)3-10-5-20-7-22-10/h2,5-8,12-13H,3-4,18-19H2,1H3,(H,20,22)(H,21,23)/b9-2+/t12-,13-/m0/s1. The molecule has 2 aromatic rings. The summed E-state index contributed by atoms with van der Waals surface area (Å²) in [6.45, 7) is 1.21. The molecule has 0 saturated heterocycles. The van der Waals surface area contributed by atoms with Crippen LogP contribution in [-0.4, -0.2) is 55.9 Å². The van der Waals surface area contributed by atoms with Gasteiger partial charge in [0.25, 0.3) is 0 Å². The molecule has 2 heterocycles. The van der Waals surface area contributed by atoms with E-state index in [0.29, 0.717) is 11.4 Å². The second-order valence-corrected chi connectivity index (χ2v) is 6.05. The zero-order chi connectivity index (χ0) is 21.4. The van der Waals surface area contributed by atoms with Crippen molar-refractivity contribution in [3.63, 3.8) is 0 Å². The van der Waals surface area contributed by atoms with Crippen molar-refractivity contribution >= 4 is 23.9 Å². The largest absolute Gasteiger partial charge is 0.389 e. The smallest absolute Gasteiger partial charge is 0.341 e. The SMILES string of the molecule is C/C(=C\C(=O)OC(=O)[C@@H](N)Cc1cnc[nH]1)C(=O)OC(=O)[C@@H](N)Cc1cnc[nH]1. The molecule has 154 valence electrons. The lowest BCUT2D eigenvalue weighted by Gasteiger charge is -2.10. The lowest BCUT2D eigenvalue weighted by molar-refractivity contribution is -0.160. The van der Waals surface area contributed by atoms with Crippen molar-refractivity contribution in [1.29, 1.82) is 0 Å². The normalized spacial score (nSPS) is 13.4. The molecule has 2 rings (SSSR count). The van der Waals surface area contributed by atoms with Gasteiger partial charge in [-0.25, -0.2) is 29.1 Å². The lowest BCUT2D eigenvalue weighted by atomic mass is 10.2. The van der Waals surface area contributed by atoms with E-state index in [4.69, 9.17) is 11.5 Å². The number of esters is 4. The third-order valence-corrected chi connectivity index (χ3v) is 3.65. The fraction of sp³-hybridized carbons (Fsp3) is 0.294. The van der Waals surface area contributed by atoms with Gasteiger partial charge in [0.15, 0.2) is 0 Å². The number of hydrogen-bond acceptors (Lipinski definition) is 10. The first kappa shape index (κ1) is 21.7. The Labute approximate surface area is 164 Å². The molecule has 0 aliphatic rings. The fourth-order valence-corrected chi connectivity index (χ4v) is 2.12. The predicted molar refractivity (Wildman–Crippen MR) is 96.5 cm³/mol. The Morgan fingerprint density at radius 1 is 0.966 bits per heavy atom. The van der Waals surface area contributed by atoms with E-state index in [-0.39, 0.29) is 18.4 Å². The van der Waals surface area contributed by atoms with E-state index in [2.05, 4.69) is 29.4 Å².